The van der Waals surface area contributed by atoms with Crippen LogP contribution < -0.4 is 0 Å². The Kier molecular flexibility index (Phi) is 3.55. The number of rotatable bonds is 3. The minimum atomic E-state index is -1.11. The summed E-state index contributed by atoms with van der Waals surface area (Å²) in [5.41, 5.74) is 0.150. The fourth-order valence-corrected chi connectivity index (χ4v) is 1.05. The van der Waals surface area contributed by atoms with E-state index >= 15 is 0 Å². The van der Waals surface area contributed by atoms with Gasteiger partial charge in [0.1, 0.15) is 6.04 Å². The normalized spacial score (nSPS) is 11.9. The number of pyridine rings is 1. The zero-order valence-corrected chi connectivity index (χ0v) is 8.85. The Hall–Kier alpha value is -1.98. The average Bonchev–Trinajstić information content (AvgIpc) is 2.27. The summed E-state index contributed by atoms with van der Waals surface area (Å²) < 4.78 is 12.5. The Morgan fingerprint density at radius 1 is 1.50 bits per heavy atom. The highest BCUT2D eigenvalue weighted by Crippen LogP contribution is 2.06. The van der Waals surface area contributed by atoms with Crippen molar-refractivity contribution in [1.29, 1.82) is 0 Å². The van der Waals surface area contributed by atoms with Gasteiger partial charge in [0.05, 0.1) is 5.56 Å². The molecule has 0 radical (unpaired) electrons. The minimum Gasteiger partial charge on any atom is -0.480 e. The second kappa shape index (κ2) is 4.69. The largest absolute Gasteiger partial charge is 0.480 e. The number of halogens is 1. The second-order valence-electron chi connectivity index (χ2n) is 3.30. The summed E-state index contributed by atoms with van der Waals surface area (Å²) >= 11 is 0. The molecule has 6 heteroatoms. The first-order valence-electron chi connectivity index (χ1n) is 4.55. The van der Waals surface area contributed by atoms with Crippen LogP contribution in [0.2, 0.25) is 0 Å². The molecule has 0 saturated carbocycles. The van der Waals surface area contributed by atoms with E-state index in [2.05, 4.69) is 4.98 Å². The van der Waals surface area contributed by atoms with Gasteiger partial charge in [-0.2, -0.15) is 4.39 Å². The van der Waals surface area contributed by atoms with Gasteiger partial charge in [0, 0.05) is 13.2 Å². The van der Waals surface area contributed by atoms with Crippen molar-refractivity contribution >= 4 is 11.9 Å². The second-order valence-corrected chi connectivity index (χ2v) is 3.30. The van der Waals surface area contributed by atoms with Gasteiger partial charge in [0.2, 0.25) is 5.95 Å². The van der Waals surface area contributed by atoms with Crippen molar-refractivity contribution in [2.24, 2.45) is 0 Å². The van der Waals surface area contributed by atoms with Crippen LogP contribution >= 0.6 is 0 Å². The van der Waals surface area contributed by atoms with E-state index in [1.807, 2.05) is 0 Å². The van der Waals surface area contributed by atoms with E-state index in [0.29, 0.717) is 0 Å². The third kappa shape index (κ3) is 2.53. The molecule has 0 fully saturated rings. The lowest BCUT2D eigenvalue weighted by Crippen LogP contribution is -2.40. The Bertz CT molecular complexity index is 405. The van der Waals surface area contributed by atoms with Gasteiger partial charge in [-0.15, -0.1) is 0 Å². The van der Waals surface area contributed by atoms with Crippen molar-refractivity contribution in [2.45, 2.75) is 13.0 Å². The molecule has 0 aliphatic carbocycles. The maximum Gasteiger partial charge on any atom is 0.326 e. The summed E-state index contributed by atoms with van der Waals surface area (Å²) in [6.07, 6.45) is 1.07. The molecule has 5 nitrogen and oxygen atoms in total. The van der Waals surface area contributed by atoms with Crippen molar-refractivity contribution in [3.05, 3.63) is 29.8 Å². The first kappa shape index (κ1) is 12.1. The van der Waals surface area contributed by atoms with E-state index in [4.69, 9.17) is 5.11 Å². The van der Waals surface area contributed by atoms with Crippen LogP contribution in [0.4, 0.5) is 4.39 Å². The van der Waals surface area contributed by atoms with E-state index in [1.165, 1.54) is 20.0 Å². The molecule has 1 aromatic rings. The number of amides is 1. The van der Waals surface area contributed by atoms with Gasteiger partial charge in [0.25, 0.3) is 5.91 Å². The SMILES string of the molecule is CC(C(=O)O)N(C)C(=O)c1ccc(F)nc1. The fraction of sp³-hybridized carbons (Fsp3) is 0.300. The number of hydrogen-bond acceptors (Lipinski definition) is 3. The van der Waals surface area contributed by atoms with Crippen LogP contribution in [0.15, 0.2) is 18.3 Å². The van der Waals surface area contributed by atoms with E-state index in [9.17, 15) is 14.0 Å². The predicted molar refractivity (Wildman–Crippen MR) is 53.4 cm³/mol. The number of aromatic nitrogens is 1. The van der Waals surface area contributed by atoms with Crippen molar-refractivity contribution in [3.8, 4) is 0 Å². The van der Waals surface area contributed by atoms with Crippen LogP contribution in [0, 0.1) is 5.95 Å². The van der Waals surface area contributed by atoms with Gasteiger partial charge < -0.3 is 10.0 Å². The topological polar surface area (TPSA) is 70.5 Å². The summed E-state index contributed by atoms with van der Waals surface area (Å²) in [4.78, 5) is 26.7. The lowest BCUT2D eigenvalue weighted by molar-refractivity contribution is -0.141. The lowest BCUT2D eigenvalue weighted by Gasteiger charge is -2.21. The molecular formula is C10H11FN2O3. The van der Waals surface area contributed by atoms with Crippen molar-refractivity contribution in [2.75, 3.05) is 7.05 Å². The zero-order valence-electron chi connectivity index (χ0n) is 8.85. The van der Waals surface area contributed by atoms with E-state index in [0.717, 1.165) is 17.2 Å². The summed E-state index contributed by atoms with van der Waals surface area (Å²) in [5.74, 6) is -2.31. The number of carbonyl (C=O) groups is 2. The molecule has 0 aliphatic rings. The van der Waals surface area contributed by atoms with Gasteiger partial charge in [-0.25, -0.2) is 9.78 Å². The van der Waals surface area contributed by atoms with Gasteiger partial charge in [-0.05, 0) is 19.1 Å². The van der Waals surface area contributed by atoms with E-state index in [-0.39, 0.29) is 5.56 Å². The number of hydrogen-bond donors (Lipinski definition) is 1. The smallest absolute Gasteiger partial charge is 0.326 e. The van der Waals surface area contributed by atoms with Crippen molar-refractivity contribution < 1.29 is 19.1 Å². The summed E-state index contributed by atoms with van der Waals surface area (Å²) in [5, 5.41) is 8.72. The lowest BCUT2D eigenvalue weighted by atomic mass is 10.2. The van der Waals surface area contributed by atoms with E-state index in [1.54, 1.807) is 0 Å². The number of carboxylic acid groups (broad SMARTS) is 1. The summed E-state index contributed by atoms with van der Waals surface area (Å²) in [7, 11) is 1.37. The number of carboxylic acids is 1. The molecule has 0 bridgehead atoms. The molecule has 86 valence electrons. The molecule has 0 aliphatic heterocycles. The zero-order chi connectivity index (χ0) is 12.3. The molecule has 1 amide bonds. The predicted octanol–water partition coefficient (Wildman–Crippen LogP) is 0.766. The third-order valence-corrected chi connectivity index (χ3v) is 2.23. The third-order valence-electron chi connectivity index (χ3n) is 2.23. The van der Waals surface area contributed by atoms with Crippen molar-refractivity contribution in [1.82, 2.24) is 9.88 Å². The highest BCUT2D eigenvalue weighted by atomic mass is 19.1. The van der Waals surface area contributed by atoms with Crippen molar-refractivity contribution in [3.63, 3.8) is 0 Å². The molecule has 1 N–H and O–H groups in total. The number of likely N-dealkylation sites (N-methyl/N-ethyl adjacent to an activating group) is 1. The summed E-state index contributed by atoms with van der Waals surface area (Å²) in [6, 6.07) is 1.36. The molecule has 1 heterocycles. The number of nitrogens with zero attached hydrogens (tertiary/aromatic N) is 2. The van der Waals surface area contributed by atoms with Crippen LogP contribution in [0.5, 0.6) is 0 Å². The Balaban J connectivity index is 2.86. The molecule has 1 aromatic heterocycles. The molecule has 1 rings (SSSR count). The highest BCUT2D eigenvalue weighted by Gasteiger charge is 2.22. The first-order valence-corrected chi connectivity index (χ1v) is 4.55. The monoisotopic (exact) mass is 226 g/mol. The molecule has 1 atom stereocenters. The summed E-state index contributed by atoms with van der Waals surface area (Å²) in [6.45, 7) is 1.39. The van der Waals surface area contributed by atoms with Crippen LogP contribution in [-0.2, 0) is 4.79 Å². The van der Waals surface area contributed by atoms with Crippen LogP contribution in [0.1, 0.15) is 17.3 Å². The Labute approximate surface area is 91.5 Å². The molecule has 16 heavy (non-hydrogen) atoms. The Morgan fingerprint density at radius 3 is 2.56 bits per heavy atom. The maximum atomic E-state index is 12.5. The molecular weight excluding hydrogens is 215 g/mol. The number of aliphatic carboxylic acids is 1. The average molecular weight is 226 g/mol. The molecule has 0 aromatic carbocycles. The van der Waals surface area contributed by atoms with Gasteiger partial charge in [-0.1, -0.05) is 0 Å². The van der Waals surface area contributed by atoms with Gasteiger partial charge in [-0.3, -0.25) is 4.79 Å². The quantitative estimate of drug-likeness (QED) is 0.772. The maximum absolute atomic E-state index is 12.5. The first-order chi connectivity index (χ1) is 7.43. The minimum absolute atomic E-state index is 0.150. The van der Waals surface area contributed by atoms with Gasteiger partial charge >= 0.3 is 5.97 Å². The molecule has 0 spiro atoms. The van der Waals surface area contributed by atoms with Gasteiger partial charge in [0.15, 0.2) is 0 Å². The highest BCUT2D eigenvalue weighted by molar-refractivity contribution is 5.96. The van der Waals surface area contributed by atoms with Crippen LogP contribution in [0.3, 0.4) is 0 Å². The van der Waals surface area contributed by atoms with Crippen LogP contribution in [-0.4, -0.2) is 40.0 Å². The molecule has 0 saturated heterocycles. The molecule has 1 unspecified atom stereocenters. The standard InChI is InChI=1S/C10H11FN2O3/c1-6(10(15)16)13(2)9(14)7-3-4-8(11)12-5-7/h3-6H,1-2H3,(H,15,16). The van der Waals surface area contributed by atoms with Crippen LogP contribution in [0.25, 0.3) is 0 Å². The fourth-order valence-electron chi connectivity index (χ4n) is 1.05. The number of carbonyl (C=O) groups excluding carboxylic acids is 1. The Morgan fingerprint density at radius 2 is 2.12 bits per heavy atom. The van der Waals surface area contributed by atoms with E-state index < -0.39 is 23.9 Å².